The fourth-order valence-corrected chi connectivity index (χ4v) is 4.36. The Balaban J connectivity index is 1.56. The van der Waals surface area contributed by atoms with Crippen molar-refractivity contribution in [2.75, 3.05) is 12.8 Å². The topological polar surface area (TPSA) is 93.1 Å². The molecule has 0 bridgehead atoms. The number of imidazole rings is 1. The standard InChI is InChI=1S/C16H26N4O3S/c1-11-9-17-15-8-12(6-7-20(11)15)16(21)19-14-5-3-4-13(14)10-18-24(2,22)23/h9,12-14,18H,3-8,10H2,1-2H3,(H,19,21). The summed E-state index contributed by atoms with van der Waals surface area (Å²) in [6.07, 6.45) is 7.42. The van der Waals surface area contributed by atoms with Crippen LogP contribution >= 0.6 is 0 Å². The molecular formula is C16H26N4O3S. The van der Waals surface area contributed by atoms with Gasteiger partial charge in [-0.15, -0.1) is 0 Å². The fourth-order valence-electron chi connectivity index (χ4n) is 3.84. The first-order valence-corrected chi connectivity index (χ1v) is 10.5. The summed E-state index contributed by atoms with van der Waals surface area (Å²) in [7, 11) is -3.19. The van der Waals surface area contributed by atoms with Crippen molar-refractivity contribution in [1.82, 2.24) is 19.6 Å². The van der Waals surface area contributed by atoms with Crippen LogP contribution in [0, 0.1) is 18.8 Å². The molecule has 1 aromatic rings. The highest BCUT2D eigenvalue weighted by Gasteiger charge is 2.32. The Hall–Kier alpha value is -1.41. The van der Waals surface area contributed by atoms with Crippen LogP contribution in [0.1, 0.15) is 37.2 Å². The molecule has 0 aromatic carbocycles. The predicted octanol–water partition coefficient (Wildman–Crippen LogP) is 0.588. The summed E-state index contributed by atoms with van der Waals surface area (Å²) in [6.45, 7) is 3.27. The molecule has 1 amide bonds. The molecule has 134 valence electrons. The molecule has 0 radical (unpaired) electrons. The molecule has 1 aromatic heterocycles. The van der Waals surface area contributed by atoms with Crippen LogP contribution in [0.15, 0.2) is 6.20 Å². The van der Waals surface area contributed by atoms with Crippen LogP contribution in [0.3, 0.4) is 0 Å². The van der Waals surface area contributed by atoms with Gasteiger partial charge in [0.2, 0.25) is 15.9 Å². The Kier molecular flexibility index (Phi) is 4.96. The third-order valence-electron chi connectivity index (χ3n) is 5.23. The molecule has 3 atom stereocenters. The van der Waals surface area contributed by atoms with Gasteiger partial charge in [-0.2, -0.15) is 0 Å². The first kappa shape index (κ1) is 17.4. The maximum Gasteiger partial charge on any atom is 0.223 e. The van der Waals surface area contributed by atoms with E-state index in [1.807, 2.05) is 13.1 Å². The number of carbonyl (C=O) groups is 1. The zero-order valence-electron chi connectivity index (χ0n) is 14.3. The van der Waals surface area contributed by atoms with Crippen molar-refractivity contribution in [2.24, 2.45) is 11.8 Å². The number of nitrogens with one attached hydrogen (secondary N) is 2. The number of amides is 1. The molecule has 1 saturated carbocycles. The van der Waals surface area contributed by atoms with Crippen LogP contribution in [-0.4, -0.2) is 42.7 Å². The molecular weight excluding hydrogens is 328 g/mol. The van der Waals surface area contributed by atoms with Crippen LogP contribution in [0.2, 0.25) is 0 Å². The van der Waals surface area contributed by atoms with Crippen LogP contribution in [0.25, 0.3) is 0 Å². The third-order valence-corrected chi connectivity index (χ3v) is 5.92. The minimum absolute atomic E-state index is 0.0385. The quantitative estimate of drug-likeness (QED) is 0.809. The normalized spacial score (nSPS) is 27.0. The van der Waals surface area contributed by atoms with Crippen LogP contribution in [0.4, 0.5) is 0 Å². The number of sulfonamides is 1. The molecule has 2 N–H and O–H groups in total. The van der Waals surface area contributed by atoms with Gasteiger partial charge in [-0.3, -0.25) is 4.79 Å². The molecule has 3 rings (SSSR count). The van der Waals surface area contributed by atoms with Crippen molar-refractivity contribution in [3.8, 4) is 0 Å². The van der Waals surface area contributed by atoms with E-state index in [1.165, 1.54) is 6.26 Å². The number of aromatic nitrogens is 2. The van der Waals surface area contributed by atoms with Gasteiger partial charge in [0.1, 0.15) is 5.82 Å². The van der Waals surface area contributed by atoms with Gasteiger partial charge in [0.25, 0.3) is 0 Å². The highest BCUT2D eigenvalue weighted by Crippen LogP contribution is 2.27. The first-order chi connectivity index (χ1) is 11.3. The minimum atomic E-state index is -3.19. The summed E-state index contributed by atoms with van der Waals surface area (Å²) in [4.78, 5) is 17.0. The van der Waals surface area contributed by atoms with E-state index in [0.29, 0.717) is 13.0 Å². The summed E-state index contributed by atoms with van der Waals surface area (Å²) in [5.41, 5.74) is 1.14. The van der Waals surface area contributed by atoms with Crippen molar-refractivity contribution in [1.29, 1.82) is 0 Å². The first-order valence-electron chi connectivity index (χ1n) is 8.59. The lowest BCUT2D eigenvalue weighted by Gasteiger charge is -2.27. The van der Waals surface area contributed by atoms with E-state index in [4.69, 9.17) is 0 Å². The lowest BCUT2D eigenvalue weighted by Crippen LogP contribution is -2.45. The van der Waals surface area contributed by atoms with E-state index in [0.717, 1.165) is 43.7 Å². The van der Waals surface area contributed by atoms with Crippen molar-refractivity contribution >= 4 is 15.9 Å². The number of fused-ring (bicyclic) bond motifs is 1. The Bertz CT molecular complexity index is 713. The van der Waals surface area contributed by atoms with E-state index in [1.54, 1.807) is 0 Å². The monoisotopic (exact) mass is 354 g/mol. The molecule has 1 aliphatic heterocycles. The average molecular weight is 354 g/mol. The third kappa shape index (κ3) is 3.97. The molecule has 3 unspecified atom stereocenters. The van der Waals surface area contributed by atoms with E-state index in [9.17, 15) is 13.2 Å². The Morgan fingerprint density at radius 2 is 2.17 bits per heavy atom. The molecule has 24 heavy (non-hydrogen) atoms. The molecule has 7 nitrogen and oxygen atoms in total. The van der Waals surface area contributed by atoms with Gasteiger partial charge >= 0.3 is 0 Å². The number of hydrogen-bond donors (Lipinski definition) is 2. The molecule has 0 saturated heterocycles. The van der Waals surface area contributed by atoms with E-state index < -0.39 is 10.0 Å². The summed E-state index contributed by atoms with van der Waals surface area (Å²) in [5.74, 6) is 1.21. The number of aryl methyl sites for hydroxylation is 1. The van der Waals surface area contributed by atoms with Crippen molar-refractivity contribution in [2.45, 2.75) is 51.6 Å². The Morgan fingerprint density at radius 1 is 1.38 bits per heavy atom. The smallest absolute Gasteiger partial charge is 0.223 e. The molecule has 2 aliphatic rings. The van der Waals surface area contributed by atoms with Crippen molar-refractivity contribution < 1.29 is 13.2 Å². The van der Waals surface area contributed by atoms with Gasteiger partial charge < -0.3 is 9.88 Å². The fraction of sp³-hybridized carbons (Fsp3) is 0.750. The summed E-state index contributed by atoms with van der Waals surface area (Å²) >= 11 is 0. The summed E-state index contributed by atoms with van der Waals surface area (Å²) in [6, 6.07) is 0.0650. The lowest BCUT2D eigenvalue weighted by atomic mass is 9.95. The van der Waals surface area contributed by atoms with Crippen LogP contribution in [-0.2, 0) is 27.8 Å². The van der Waals surface area contributed by atoms with Crippen molar-refractivity contribution in [3.05, 3.63) is 17.7 Å². The lowest BCUT2D eigenvalue weighted by molar-refractivity contribution is -0.126. The maximum atomic E-state index is 12.6. The van der Waals surface area contributed by atoms with Crippen LogP contribution in [0.5, 0.6) is 0 Å². The van der Waals surface area contributed by atoms with Crippen LogP contribution < -0.4 is 10.0 Å². The van der Waals surface area contributed by atoms with Gasteiger partial charge in [0.05, 0.1) is 6.26 Å². The zero-order chi connectivity index (χ0) is 17.3. The Morgan fingerprint density at radius 3 is 2.92 bits per heavy atom. The maximum absolute atomic E-state index is 12.6. The minimum Gasteiger partial charge on any atom is -0.353 e. The Labute approximate surface area is 143 Å². The number of rotatable bonds is 5. The zero-order valence-corrected chi connectivity index (χ0v) is 15.1. The second kappa shape index (κ2) is 6.84. The SMILES string of the molecule is Cc1cnc2n1CCC(C(=O)NC1CCCC1CNS(C)(=O)=O)C2. The summed E-state index contributed by atoms with van der Waals surface area (Å²) < 4.78 is 27.3. The highest BCUT2D eigenvalue weighted by molar-refractivity contribution is 7.88. The molecule has 8 heteroatoms. The average Bonchev–Trinajstić information content (AvgIpc) is 3.11. The summed E-state index contributed by atoms with van der Waals surface area (Å²) in [5, 5.41) is 3.16. The van der Waals surface area contributed by atoms with Gasteiger partial charge in [0, 0.05) is 43.4 Å². The van der Waals surface area contributed by atoms with E-state index >= 15 is 0 Å². The number of nitrogens with zero attached hydrogens (tertiary/aromatic N) is 2. The predicted molar refractivity (Wildman–Crippen MR) is 90.9 cm³/mol. The van der Waals surface area contributed by atoms with Gasteiger partial charge in [-0.05, 0) is 32.1 Å². The van der Waals surface area contributed by atoms with Crippen molar-refractivity contribution in [3.63, 3.8) is 0 Å². The number of carbonyl (C=O) groups excluding carboxylic acids is 1. The van der Waals surface area contributed by atoms with Gasteiger partial charge in [0.15, 0.2) is 0 Å². The van der Waals surface area contributed by atoms with Gasteiger partial charge in [-0.25, -0.2) is 18.1 Å². The largest absolute Gasteiger partial charge is 0.353 e. The van der Waals surface area contributed by atoms with Gasteiger partial charge in [-0.1, -0.05) is 6.42 Å². The van der Waals surface area contributed by atoms with E-state index in [-0.39, 0.29) is 23.8 Å². The molecule has 2 heterocycles. The molecule has 1 fully saturated rings. The highest BCUT2D eigenvalue weighted by atomic mass is 32.2. The molecule has 0 spiro atoms. The second-order valence-electron chi connectivity index (χ2n) is 7.08. The van der Waals surface area contributed by atoms with E-state index in [2.05, 4.69) is 19.6 Å². The number of hydrogen-bond acceptors (Lipinski definition) is 4. The second-order valence-corrected chi connectivity index (χ2v) is 8.92. The molecule has 1 aliphatic carbocycles.